The van der Waals surface area contributed by atoms with Gasteiger partial charge in [0.15, 0.2) is 0 Å². The Morgan fingerprint density at radius 1 is 1.28 bits per heavy atom. The number of benzene rings is 1. The molecule has 3 aromatic rings. The van der Waals surface area contributed by atoms with Gasteiger partial charge in [-0.05, 0) is 24.4 Å². The average Bonchev–Trinajstić information content (AvgIpc) is 3.12. The van der Waals surface area contributed by atoms with Crippen LogP contribution < -0.4 is 0 Å². The summed E-state index contributed by atoms with van der Waals surface area (Å²) < 4.78 is 0. The lowest BCUT2D eigenvalue weighted by atomic mass is 10.0. The van der Waals surface area contributed by atoms with Gasteiger partial charge in [-0.2, -0.15) is 0 Å². The third-order valence-corrected chi connectivity index (χ3v) is 4.64. The molecule has 0 aliphatic rings. The summed E-state index contributed by atoms with van der Waals surface area (Å²) in [6.45, 7) is 1.41. The number of carbonyl (C=O) groups is 2. The van der Waals surface area contributed by atoms with E-state index in [-0.39, 0.29) is 23.4 Å². The monoisotopic (exact) mass is 357 g/mol. The second-order valence-corrected chi connectivity index (χ2v) is 6.21. The molecular formula is C17H15N3O4S. The second-order valence-electron chi connectivity index (χ2n) is 5.26. The zero-order valence-electron chi connectivity index (χ0n) is 13.3. The predicted molar refractivity (Wildman–Crippen MR) is 93.7 cm³/mol. The van der Waals surface area contributed by atoms with Crippen LogP contribution in [-0.2, 0) is 4.79 Å². The first-order chi connectivity index (χ1) is 12.0. The maximum Gasteiger partial charge on any atom is 0.323 e. The Morgan fingerprint density at radius 2 is 2.04 bits per heavy atom. The van der Waals surface area contributed by atoms with Crippen molar-refractivity contribution in [2.75, 3.05) is 13.1 Å². The van der Waals surface area contributed by atoms with E-state index in [0.29, 0.717) is 11.1 Å². The third kappa shape index (κ3) is 3.16. The number of carbonyl (C=O) groups excluding carboxylic acids is 1. The summed E-state index contributed by atoms with van der Waals surface area (Å²) in [5, 5.41) is 21.6. The van der Waals surface area contributed by atoms with E-state index < -0.39 is 18.4 Å². The zero-order chi connectivity index (χ0) is 18.0. The smallest absolute Gasteiger partial charge is 0.323 e. The van der Waals surface area contributed by atoms with E-state index in [0.717, 1.165) is 9.78 Å². The normalized spacial score (nSPS) is 10.8. The summed E-state index contributed by atoms with van der Waals surface area (Å²) >= 11 is 1.42. The Balaban J connectivity index is 2.23. The minimum Gasteiger partial charge on any atom is -0.506 e. The molecule has 7 nitrogen and oxygen atoms in total. The van der Waals surface area contributed by atoms with Crippen molar-refractivity contribution in [3.05, 3.63) is 41.5 Å². The first-order valence-corrected chi connectivity index (χ1v) is 8.42. The van der Waals surface area contributed by atoms with Crippen LogP contribution in [0.2, 0.25) is 0 Å². The van der Waals surface area contributed by atoms with Gasteiger partial charge in [0.1, 0.15) is 23.4 Å². The number of amides is 1. The highest BCUT2D eigenvalue weighted by Gasteiger charge is 2.26. The van der Waals surface area contributed by atoms with Gasteiger partial charge in [-0.1, -0.05) is 6.07 Å². The number of phenols is 1. The molecule has 25 heavy (non-hydrogen) atoms. The molecule has 128 valence electrons. The summed E-state index contributed by atoms with van der Waals surface area (Å²) in [4.78, 5) is 34.2. The molecule has 0 atom stereocenters. The number of rotatable bonds is 5. The van der Waals surface area contributed by atoms with Gasteiger partial charge >= 0.3 is 5.97 Å². The topological polar surface area (TPSA) is 104 Å². The molecule has 0 aliphatic heterocycles. The summed E-state index contributed by atoms with van der Waals surface area (Å²) in [5.41, 5.74) is 1.14. The van der Waals surface area contributed by atoms with Crippen molar-refractivity contribution in [3.8, 4) is 16.2 Å². The van der Waals surface area contributed by atoms with Crippen molar-refractivity contribution in [1.82, 2.24) is 14.9 Å². The van der Waals surface area contributed by atoms with Gasteiger partial charge in [0, 0.05) is 29.4 Å². The van der Waals surface area contributed by atoms with E-state index in [4.69, 9.17) is 5.11 Å². The number of phenolic OH excluding ortho intramolecular Hbond substituents is 1. The van der Waals surface area contributed by atoms with Crippen molar-refractivity contribution in [1.29, 1.82) is 0 Å². The first kappa shape index (κ1) is 16.8. The minimum absolute atomic E-state index is 0.0305. The average molecular weight is 357 g/mol. The first-order valence-electron chi connectivity index (χ1n) is 7.54. The predicted octanol–water partition coefficient (Wildman–Crippen LogP) is 2.61. The summed E-state index contributed by atoms with van der Waals surface area (Å²) in [7, 11) is 0. The van der Waals surface area contributed by atoms with E-state index in [1.807, 2.05) is 17.5 Å². The molecule has 0 unspecified atom stereocenters. The molecular weight excluding hydrogens is 342 g/mol. The Labute approximate surface area is 147 Å². The minimum atomic E-state index is -1.13. The SMILES string of the molecule is CCN(CC(=O)O)C(=O)c1c(O)c(-c2cccs2)cc2nccnc12. The van der Waals surface area contributed by atoms with E-state index in [9.17, 15) is 14.7 Å². The van der Waals surface area contributed by atoms with Crippen LogP contribution in [0, 0.1) is 0 Å². The van der Waals surface area contributed by atoms with E-state index in [1.165, 1.54) is 23.7 Å². The van der Waals surface area contributed by atoms with Gasteiger partial charge in [0.2, 0.25) is 0 Å². The highest BCUT2D eigenvalue weighted by Crippen LogP contribution is 2.39. The van der Waals surface area contributed by atoms with Crippen LogP contribution >= 0.6 is 11.3 Å². The number of aromatic hydroxyl groups is 1. The molecule has 2 aromatic heterocycles. The Bertz CT molecular complexity index is 940. The van der Waals surface area contributed by atoms with Gasteiger partial charge in [-0.15, -0.1) is 11.3 Å². The molecule has 0 fully saturated rings. The number of hydrogen-bond donors (Lipinski definition) is 2. The maximum atomic E-state index is 12.9. The lowest BCUT2D eigenvalue weighted by molar-refractivity contribution is -0.137. The van der Waals surface area contributed by atoms with Gasteiger partial charge in [0.25, 0.3) is 5.91 Å². The molecule has 0 spiro atoms. The Kier molecular flexibility index (Phi) is 4.62. The molecule has 0 bridgehead atoms. The lowest BCUT2D eigenvalue weighted by Gasteiger charge is -2.20. The number of aromatic nitrogens is 2. The maximum absolute atomic E-state index is 12.9. The number of nitrogens with zero attached hydrogens (tertiary/aromatic N) is 3. The Hall–Kier alpha value is -3.00. The van der Waals surface area contributed by atoms with E-state index >= 15 is 0 Å². The summed E-state index contributed by atoms with van der Waals surface area (Å²) in [5.74, 6) is -1.94. The number of aliphatic carboxylic acids is 1. The second kappa shape index (κ2) is 6.86. The molecule has 0 radical (unpaired) electrons. The molecule has 1 aromatic carbocycles. The van der Waals surface area contributed by atoms with Gasteiger partial charge < -0.3 is 15.1 Å². The number of likely N-dealkylation sites (N-methyl/N-ethyl adjacent to an activating group) is 1. The Morgan fingerprint density at radius 3 is 2.68 bits per heavy atom. The molecule has 0 aliphatic carbocycles. The lowest BCUT2D eigenvalue weighted by Crippen LogP contribution is -2.35. The van der Waals surface area contributed by atoms with Crippen molar-refractivity contribution in [2.24, 2.45) is 0 Å². The number of fused-ring (bicyclic) bond motifs is 1. The fraction of sp³-hybridized carbons (Fsp3) is 0.176. The standard InChI is InChI=1S/C17H15N3O4S/c1-2-20(9-13(21)22)17(24)14-15-11(18-5-6-19-15)8-10(16(14)23)12-4-3-7-25-12/h3-8,23H,2,9H2,1H3,(H,21,22). The van der Waals surface area contributed by atoms with Crippen molar-refractivity contribution >= 4 is 34.2 Å². The van der Waals surface area contributed by atoms with Crippen molar-refractivity contribution in [3.63, 3.8) is 0 Å². The van der Waals surface area contributed by atoms with E-state index in [1.54, 1.807) is 13.0 Å². The molecule has 1 amide bonds. The van der Waals surface area contributed by atoms with Gasteiger partial charge in [0.05, 0.1) is 5.52 Å². The number of carboxylic acid groups (broad SMARTS) is 1. The van der Waals surface area contributed by atoms with Crippen LogP contribution in [0.4, 0.5) is 0 Å². The number of thiophene rings is 1. The fourth-order valence-corrected chi connectivity index (χ4v) is 3.31. The third-order valence-electron chi connectivity index (χ3n) is 3.73. The van der Waals surface area contributed by atoms with Gasteiger partial charge in [-0.3, -0.25) is 19.6 Å². The molecule has 8 heteroatoms. The molecule has 3 rings (SSSR count). The van der Waals surface area contributed by atoms with Crippen LogP contribution in [0.25, 0.3) is 21.5 Å². The highest BCUT2D eigenvalue weighted by molar-refractivity contribution is 7.13. The van der Waals surface area contributed by atoms with Crippen LogP contribution in [0.5, 0.6) is 5.75 Å². The van der Waals surface area contributed by atoms with Crippen LogP contribution in [-0.4, -0.2) is 50.0 Å². The number of hydrogen-bond acceptors (Lipinski definition) is 6. The highest BCUT2D eigenvalue weighted by atomic mass is 32.1. The molecule has 2 heterocycles. The van der Waals surface area contributed by atoms with Crippen LogP contribution in [0.15, 0.2) is 36.0 Å². The van der Waals surface area contributed by atoms with Crippen molar-refractivity contribution in [2.45, 2.75) is 6.92 Å². The van der Waals surface area contributed by atoms with Crippen LogP contribution in [0.3, 0.4) is 0 Å². The van der Waals surface area contributed by atoms with Gasteiger partial charge in [-0.25, -0.2) is 0 Å². The molecule has 2 N–H and O–H groups in total. The number of carboxylic acids is 1. The van der Waals surface area contributed by atoms with Crippen LogP contribution in [0.1, 0.15) is 17.3 Å². The van der Waals surface area contributed by atoms with E-state index in [2.05, 4.69) is 9.97 Å². The van der Waals surface area contributed by atoms with Crippen molar-refractivity contribution < 1.29 is 19.8 Å². The quantitative estimate of drug-likeness (QED) is 0.727. The molecule has 0 saturated heterocycles. The molecule has 0 saturated carbocycles. The largest absolute Gasteiger partial charge is 0.506 e. The summed E-state index contributed by atoms with van der Waals surface area (Å²) in [6.07, 6.45) is 2.93. The zero-order valence-corrected chi connectivity index (χ0v) is 14.2. The fourth-order valence-electron chi connectivity index (χ4n) is 2.57. The summed E-state index contributed by atoms with van der Waals surface area (Å²) in [6, 6.07) is 5.34.